The summed E-state index contributed by atoms with van der Waals surface area (Å²) in [7, 11) is 0. The second kappa shape index (κ2) is 3.75. The van der Waals surface area contributed by atoms with Gasteiger partial charge in [0.1, 0.15) is 6.10 Å². The second-order valence-corrected chi connectivity index (χ2v) is 4.27. The molecule has 0 aromatic rings. The molecule has 1 aliphatic heterocycles. The van der Waals surface area contributed by atoms with Gasteiger partial charge in [0.05, 0.1) is 19.3 Å². The molecule has 1 fully saturated rings. The first-order valence-corrected chi connectivity index (χ1v) is 4.79. The standard InChI is InChI=1S/C10H20O2/c1-5-10(3,4)8(2)11-6-9-7-12-9/h8-9H,5-7H2,1-4H3. The van der Waals surface area contributed by atoms with Crippen molar-refractivity contribution in [2.45, 2.75) is 46.3 Å². The van der Waals surface area contributed by atoms with Crippen LogP contribution < -0.4 is 0 Å². The van der Waals surface area contributed by atoms with Crippen LogP contribution in [0.25, 0.3) is 0 Å². The lowest BCUT2D eigenvalue weighted by molar-refractivity contribution is -0.0207. The van der Waals surface area contributed by atoms with Gasteiger partial charge in [-0.3, -0.25) is 0 Å². The maximum atomic E-state index is 5.70. The minimum Gasteiger partial charge on any atom is -0.375 e. The van der Waals surface area contributed by atoms with Crippen LogP contribution in [0.2, 0.25) is 0 Å². The zero-order valence-electron chi connectivity index (χ0n) is 8.59. The van der Waals surface area contributed by atoms with Crippen LogP contribution in [-0.2, 0) is 9.47 Å². The average molecular weight is 172 g/mol. The minimum absolute atomic E-state index is 0.287. The van der Waals surface area contributed by atoms with E-state index in [0.29, 0.717) is 12.2 Å². The van der Waals surface area contributed by atoms with Crippen LogP contribution in [0.3, 0.4) is 0 Å². The van der Waals surface area contributed by atoms with Crippen molar-refractivity contribution < 1.29 is 9.47 Å². The van der Waals surface area contributed by atoms with Gasteiger partial charge in [-0.2, -0.15) is 0 Å². The molecule has 12 heavy (non-hydrogen) atoms. The summed E-state index contributed by atoms with van der Waals surface area (Å²) < 4.78 is 10.8. The van der Waals surface area contributed by atoms with E-state index in [-0.39, 0.29) is 5.41 Å². The van der Waals surface area contributed by atoms with Crippen LogP contribution in [0, 0.1) is 5.41 Å². The van der Waals surface area contributed by atoms with Crippen molar-refractivity contribution in [1.82, 2.24) is 0 Å². The summed E-state index contributed by atoms with van der Waals surface area (Å²) in [4.78, 5) is 0. The van der Waals surface area contributed by atoms with Crippen molar-refractivity contribution in [2.75, 3.05) is 13.2 Å². The molecule has 1 saturated heterocycles. The van der Waals surface area contributed by atoms with Gasteiger partial charge in [0, 0.05) is 0 Å². The number of epoxide rings is 1. The molecule has 0 aliphatic carbocycles. The molecule has 2 heteroatoms. The highest BCUT2D eigenvalue weighted by Crippen LogP contribution is 2.27. The molecule has 0 aromatic heterocycles. The molecule has 0 radical (unpaired) electrons. The van der Waals surface area contributed by atoms with E-state index in [0.717, 1.165) is 19.6 Å². The zero-order chi connectivity index (χ0) is 9.19. The average Bonchev–Trinajstić information content (AvgIpc) is 2.83. The fourth-order valence-corrected chi connectivity index (χ4v) is 0.929. The lowest BCUT2D eigenvalue weighted by atomic mass is 9.85. The Morgan fingerprint density at radius 2 is 2.17 bits per heavy atom. The minimum atomic E-state index is 0.287. The van der Waals surface area contributed by atoms with Gasteiger partial charge in [0.2, 0.25) is 0 Å². The highest BCUT2D eigenvalue weighted by molar-refractivity contribution is 4.76. The molecule has 72 valence electrons. The third kappa shape index (κ3) is 2.76. The van der Waals surface area contributed by atoms with Crippen molar-refractivity contribution in [2.24, 2.45) is 5.41 Å². The molecular weight excluding hydrogens is 152 g/mol. The van der Waals surface area contributed by atoms with Gasteiger partial charge in [-0.05, 0) is 18.8 Å². The molecule has 0 saturated carbocycles. The molecule has 2 unspecified atom stereocenters. The zero-order valence-corrected chi connectivity index (χ0v) is 8.59. The molecule has 1 rings (SSSR count). The molecule has 1 heterocycles. The monoisotopic (exact) mass is 172 g/mol. The summed E-state index contributed by atoms with van der Waals surface area (Å²) in [5.74, 6) is 0. The van der Waals surface area contributed by atoms with Crippen molar-refractivity contribution >= 4 is 0 Å². The summed E-state index contributed by atoms with van der Waals surface area (Å²) in [6, 6.07) is 0. The maximum Gasteiger partial charge on any atom is 0.104 e. The first-order chi connectivity index (χ1) is 5.56. The van der Waals surface area contributed by atoms with Crippen LogP contribution in [0.5, 0.6) is 0 Å². The Balaban J connectivity index is 2.20. The summed E-state index contributed by atoms with van der Waals surface area (Å²) in [6.07, 6.45) is 1.87. The van der Waals surface area contributed by atoms with Gasteiger partial charge >= 0.3 is 0 Å². The first-order valence-electron chi connectivity index (χ1n) is 4.79. The van der Waals surface area contributed by atoms with E-state index in [1.165, 1.54) is 0 Å². The van der Waals surface area contributed by atoms with Crippen LogP contribution >= 0.6 is 0 Å². The van der Waals surface area contributed by atoms with E-state index in [2.05, 4.69) is 27.7 Å². The number of ether oxygens (including phenoxy) is 2. The van der Waals surface area contributed by atoms with Gasteiger partial charge in [-0.15, -0.1) is 0 Å². The molecule has 2 nitrogen and oxygen atoms in total. The third-order valence-electron chi connectivity index (χ3n) is 2.95. The predicted octanol–water partition coefficient (Wildman–Crippen LogP) is 2.23. The van der Waals surface area contributed by atoms with E-state index in [4.69, 9.17) is 9.47 Å². The van der Waals surface area contributed by atoms with Gasteiger partial charge in [-0.25, -0.2) is 0 Å². The number of rotatable bonds is 5. The maximum absolute atomic E-state index is 5.70. The topological polar surface area (TPSA) is 21.8 Å². The van der Waals surface area contributed by atoms with Gasteiger partial charge in [0.15, 0.2) is 0 Å². The molecule has 0 bridgehead atoms. The molecule has 2 atom stereocenters. The van der Waals surface area contributed by atoms with Crippen LogP contribution in [0.15, 0.2) is 0 Å². The van der Waals surface area contributed by atoms with Gasteiger partial charge < -0.3 is 9.47 Å². The van der Waals surface area contributed by atoms with Crippen molar-refractivity contribution in [3.05, 3.63) is 0 Å². The van der Waals surface area contributed by atoms with E-state index in [1.54, 1.807) is 0 Å². The molecule has 0 spiro atoms. The first kappa shape index (κ1) is 10.0. The molecule has 1 aliphatic rings. The molecule has 0 N–H and O–H groups in total. The lowest BCUT2D eigenvalue weighted by Gasteiger charge is -2.30. The predicted molar refractivity (Wildman–Crippen MR) is 49.2 cm³/mol. The van der Waals surface area contributed by atoms with Gasteiger partial charge in [-0.1, -0.05) is 20.8 Å². The van der Waals surface area contributed by atoms with Crippen LogP contribution in [-0.4, -0.2) is 25.4 Å². The summed E-state index contributed by atoms with van der Waals surface area (Å²) in [6.45, 7) is 10.5. The molecule has 0 amide bonds. The Kier molecular flexibility index (Phi) is 3.13. The summed E-state index contributed by atoms with van der Waals surface area (Å²) in [5.41, 5.74) is 0.287. The van der Waals surface area contributed by atoms with Crippen LogP contribution in [0.4, 0.5) is 0 Å². The highest BCUT2D eigenvalue weighted by Gasteiger charge is 2.28. The number of hydrogen-bond donors (Lipinski definition) is 0. The van der Waals surface area contributed by atoms with Crippen molar-refractivity contribution in [3.8, 4) is 0 Å². The Morgan fingerprint density at radius 3 is 2.58 bits per heavy atom. The smallest absolute Gasteiger partial charge is 0.104 e. The largest absolute Gasteiger partial charge is 0.375 e. The fourth-order valence-electron chi connectivity index (χ4n) is 0.929. The van der Waals surface area contributed by atoms with Crippen LogP contribution in [0.1, 0.15) is 34.1 Å². The quantitative estimate of drug-likeness (QED) is 0.593. The number of hydrogen-bond acceptors (Lipinski definition) is 2. The fraction of sp³-hybridized carbons (Fsp3) is 1.00. The normalized spacial score (nSPS) is 25.5. The summed E-state index contributed by atoms with van der Waals surface area (Å²) in [5, 5.41) is 0. The Labute approximate surface area is 75.2 Å². The Hall–Kier alpha value is -0.0800. The molecule has 0 aromatic carbocycles. The van der Waals surface area contributed by atoms with E-state index < -0.39 is 0 Å². The van der Waals surface area contributed by atoms with Crippen molar-refractivity contribution in [1.29, 1.82) is 0 Å². The Bertz CT molecular complexity index is 139. The summed E-state index contributed by atoms with van der Waals surface area (Å²) >= 11 is 0. The van der Waals surface area contributed by atoms with E-state index in [9.17, 15) is 0 Å². The van der Waals surface area contributed by atoms with E-state index >= 15 is 0 Å². The lowest BCUT2D eigenvalue weighted by Crippen LogP contribution is -2.29. The molecular formula is C10H20O2. The SMILES string of the molecule is CCC(C)(C)C(C)OCC1CO1. The highest BCUT2D eigenvalue weighted by atomic mass is 16.6. The van der Waals surface area contributed by atoms with Gasteiger partial charge in [0.25, 0.3) is 0 Å². The third-order valence-corrected chi connectivity index (χ3v) is 2.95. The second-order valence-electron chi connectivity index (χ2n) is 4.27. The van der Waals surface area contributed by atoms with E-state index in [1.807, 2.05) is 0 Å². The Morgan fingerprint density at radius 1 is 1.58 bits per heavy atom. The van der Waals surface area contributed by atoms with Crippen molar-refractivity contribution in [3.63, 3.8) is 0 Å².